The van der Waals surface area contributed by atoms with Gasteiger partial charge >= 0.3 is 0 Å². The molecule has 2 atom stereocenters. The topological polar surface area (TPSA) is 9.23 Å². The molecule has 0 aromatic heterocycles. The molecule has 1 heterocycles. The molecule has 1 heteroatoms. The number of rotatable bonds is 2. The molecular formula is C22H22O. The summed E-state index contributed by atoms with van der Waals surface area (Å²) in [5, 5.41) is 5.19. The van der Waals surface area contributed by atoms with Gasteiger partial charge in [0.15, 0.2) is 0 Å². The molecule has 1 fully saturated rings. The van der Waals surface area contributed by atoms with Gasteiger partial charge in [-0.2, -0.15) is 0 Å². The van der Waals surface area contributed by atoms with Gasteiger partial charge in [-0.1, -0.05) is 60.7 Å². The molecule has 0 N–H and O–H groups in total. The van der Waals surface area contributed by atoms with Gasteiger partial charge in [-0.15, -0.1) is 0 Å². The first-order valence-electron chi connectivity index (χ1n) is 8.43. The molecule has 0 spiro atoms. The van der Waals surface area contributed by atoms with Gasteiger partial charge in [-0.3, -0.25) is 0 Å². The second-order valence-electron chi connectivity index (χ2n) is 6.62. The number of hydrogen-bond donors (Lipinski definition) is 0. The largest absolute Gasteiger partial charge is 0.373 e. The highest BCUT2D eigenvalue weighted by molar-refractivity contribution is 6.02. The van der Waals surface area contributed by atoms with Crippen molar-refractivity contribution in [1.82, 2.24) is 0 Å². The molecule has 0 saturated carbocycles. The van der Waals surface area contributed by atoms with Crippen molar-refractivity contribution in [1.29, 1.82) is 0 Å². The molecule has 23 heavy (non-hydrogen) atoms. The first-order valence-corrected chi connectivity index (χ1v) is 8.43. The lowest BCUT2D eigenvalue weighted by molar-refractivity contribution is -0.0142. The number of fused-ring (bicyclic) bond motifs is 2. The lowest BCUT2D eigenvalue weighted by atomic mass is 9.81. The third-order valence-electron chi connectivity index (χ3n) is 5.05. The molecule has 0 amide bonds. The summed E-state index contributed by atoms with van der Waals surface area (Å²) in [6.45, 7) is 7.21. The summed E-state index contributed by atoms with van der Waals surface area (Å²) in [7, 11) is 0. The molecule has 1 aliphatic rings. The zero-order chi connectivity index (χ0) is 15.8. The molecule has 0 bridgehead atoms. The van der Waals surface area contributed by atoms with Gasteiger partial charge in [0.05, 0.1) is 6.10 Å². The standard InChI is InChI=1S/C22H22O/c1-15(2)18-12-7-13-23-22(18)21-19-10-5-3-8-16(19)14-17-9-4-6-11-20(17)21/h3-6,8-11,14,18,22H,1,7,12-13H2,2H3/t18-,22+/m0/s1. The van der Waals surface area contributed by atoms with E-state index in [2.05, 4.69) is 68.1 Å². The molecule has 0 radical (unpaired) electrons. The second-order valence-corrected chi connectivity index (χ2v) is 6.62. The van der Waals surface area contributed by atoms with Crippen LogP contribution in [-0.4, -0.2) is 6.61 Å². The molecule has 1 nitrogen and oxygen atoms in total. The van der Waals surface area contributed by atoms with E-state index in [9.17, 15) is 0 Å². The molecule has 1 aliphatic heterocycles. The van der Waals surface area contributed by atoms with Crippen molar-refractivity contribution in [2.75, 3.05) is 6.61 Å². The van der Waals surface area contributed by atoms with Crippen LogP contribution in [0.2, 0.25) is 0 Å². The Kier molecular flexibility index (Phi) is 3.66. The van der Waals surface area contributed by atoms with E-state index in [1.807, 2.05) is 0 Å². The van der Waals surface area contributed by atoms with Crippen LogP contribution in [0, 0.1) is 5.92 Å². The summed E-state index contributed by atoms with van der Waals surface area (Å²) in [4.78, 5) is 0. The minimum atomic E-state index is 0.109. The summed E-state index contributed by atoms with van der Waals surface area (Å²) in [6, 6.07) is 19.6. The van der Waals surface area contributed by atoms with Gasteiger partial charge in [0, 0.05) is 12.5 Å². The summed E-state index contributed by atoms with van der Waals surface area (Å²) >= 11 is 0. The normalized spacial score (nSPS) is 21.6. The molecule has 0 unspecified atom stereocenters. The van der Waals surface area contributed by atoms with E-state index in [4.69, 9.17) is 4.74 Å². The smallest absolute Gasteiger partial charge is 0.0901 e. The Hall–Kier alpha value is -2.12. The van der Waals surface area contributed by atoms with Crippen LogP contribution in [0.5, 0.6) is 0 Å². The van der Waals surface area contributed by atoms with Crippen LogP contribution >= 0.6 is 0 Å². The van der Waals surface area contributed by atoms with Crippen molar-refractivity contribution >= 4 is 21.5 Å². The van der Waals surface area contributed by atoms with Crippen LogP contribution in [0.3, 0.4) is 0 Å². The van der Waals surface area contributed by atoms with Crippen LogP contribution in [0.25, 0.3) is 21.5 Å². The number of ether oxygens (including phenoxy) is 1. The molecule has 116 valence electrons. The third kappa shape index (κ3) is 2.46. The van der Waals surface area contributed by atoms with Gasteiger partial charge in [0.1, 0.15) is 0 Å². The van der Waals surface area contributed by atoms with E-state index >= 15 is 0 Å². The maximum Gasteiger partial charge on any atom is 0.0901 e. The van der Waals surface area contributed by atoms with Crippen LogP contribution in [0.1, 0.15) is 31.4 Å². The Balaban J connectivity index is 2.04. The predicted octanol–water partition coefficient (Wildman–Crippen LogP) is 6.04. The van der Waals surface area contributed by atoms with Crippen molar-refractivity contribution in [3.8, 4) is 0 Å². The van der Waals surface area contributed by atoms with Crippen LogP contribution < -0.4 is 0 Å². The summed E-state index contributed by atoms with van der Waals surface area (Å²) in [6.07, 6.45) is 2.39. The van der Waals surface area contributed by atoms with E-state index in [0.29, 0.717) is 5.92 Å². The quantitative estimate of drug-likeness (QED) is 0.414. The molecule has 3 aromatic carbocycles. The summed E-state index contributed by atoms with van der Waals surface area (Å²) in [5.41, 5.74) is 2.57. The van der Waals surface area contributed by atoms with E-state index in [1.54, 1.807) is 0 Å². The Bertz CT molecular complexity index is 823. The van der Waals surface area contributed by atoms with Crippen LogP contribution in [-0.2, 0) is 4.74 Å². The average molecular weight is 302 g/mol. The van der Waals surface area contributed by atoms with Gasteiger partial charge in [0.25, 0.3) is 0 Å². The second kappa shape index (κ2) is 5.82. The van der Waals surface area contributed by atoms with Crippen molar-refractivity contribution in [3.05, 3.63) is 72.3 Å². The van der Waals surface area contributed by atoms with Crippen molar-refractivity contribution in [2.24, 2.45) is 5.92 Å². The molecular weight excluding hydrogens is 280 g/mol. The SMILES string of the molecule is C=C(C)[C@@H]1CCCO[C@H]1c1c2ccccc2cc2ccccc12. The van der Waals surface area contributed by atoms with E-state index in [0.717, 1.165) is 19.4 Å². The van der Waals surface area contributed by atoms with Crippen LogP contribution in [0.15, 0.2) is 66.7 Å². The molecule has 4 rings (SSSR count). The highest BCUT2D eigenvalue weighted by Crippen LogP contribution is 2.43. The number of hydrogen-bond acceptors (Lipinski definition) is 1. The Morgan fingerprint density at radius 2 is 1.61 bits per heavy atom. The Morgan fingerprint density at radius 3 is 2.22 bits per heavy atom. The highest BCUT2D eigenvalue weighted by atomic mass is 16.5. The van der Waals surface area contributed by atoms with E-state index in [1.165, 1.54) is 32.7 Å². The maximum absolute atomic E-state index is 6.29. The number of benzene rings is 3. The molecule has 1 saturated heterocycles. The predicted molar refractivity (Wildman–Crippen MR) is 97.7 cm³/mol. The van der Waals surface area contributed by atoms with Gasteiger partial charge < -0.3 is 4.74 Å². The Labute approximate surface area is 137 Å². The average Bonchev–Trinajstić information content (AvgIpc) is 2.59. The van der Waals surface area contributed by atoms with Gasteiger partial charge in [-0.25, -0.2) is 0 Å². The first-order chi connectivity index (χ1) is 11.3. The Morgan fingerprint density at radius 1 is 1.00 bits per heavy atom. The van der Waals surface area contributed by atoms with Gasteiger partial charge in [-0.05, 0) is 52.9 Å². The summed E-state index contributed by atoms with van der Waals surface area (Å²) in [5.74, 6) is 0.401. The summed E-state index contributed by atoms with van der Waals surface area (Å²) < 4.78 is 6.29. The maximum atomic E-state index is 6.29. The molecule has 3 aromatic rings. The third-order valence-corrected chi connectivity index (χ3v) is 5.05. The first kappa shape index (κ1) is 14.5. The zero-order valence-corrected chi connectivity index (χ0v) is 13.6. The fourth-order valence-corrected chi connectivity index (χ4v) is 3.93. The molecule has 0 aliphatic carbocycles. The van der Waals surface area contributed by atoms with Crippen LogP contribution in [0.4, 0.5) is 0 Å². The van der Waals surface area contributed by atoms with E-state index in [-0.39, 0.29) is 6.10 Å². The van der Waals surface area contributed by atoms with Crippen molar-refractivity contribution in [3.63, 3.8) is 0 Å². The van der Waals surface area contributed by atoms with Gasteiger partial charge in [0.2, 0.25) is 0 Å². The fraction of sp³-hybridized carbons (Fsp3) is 0.273. The van der Waals surface area contributed by atoms with E-state index < -0.39 is 0 Å². The minimum Gasteiger partial charge on any atom is -0.373 e. The minimum absolute atomic E-state index is 0.109. The lowest BCUT2D eigenvalue weighted by Crippen LogP contribution is -2.23. The zero-order valence-electron chi connectivity index (χ0n) is 13.6. The fourth-order valence-electron chi connectivity index (χ4n) is 3.93. The highest BCUT2D eigenvalue weighted by Gasteiger charge is 2.30. The lowest BCUT2D eigenvalue weighted by Gasteiger charge is -2.34. The van der Waals surface area contributed by atoms with Crippen molar-refractivity contribution < 1.29 is 4.74 Å². The van der Waals surface area contributed by atoms with Crippen molar-refractivity contribution in [2.45, 2.75) is 25.9 Å². The monoisotopic (exact) mass is 302 g/mol.